The third kappa shape index (κ3) is 1.99. The van der Waals surface area contributed by atoms with Crippen LogP contribution in [0.15, 0.2) is 55.0 Å². The van der Waals surface area contributed by atoms with E-state index < -0.39 is 0 Å². The van der Waals surface area contributed by atoms with Gasteiger partial charge in [0.1, 0.15) is 0 Å². The summed E-state index contributed by atoms with van der Waals surface area (Å²) in [6, 6.07) is 12.2. The van der Waals surface area contributed by atoms with Crippen LogP contribution in [-0.2, 0) is 6.54 Å². The summed E-state index contributed by atoms with van der Waals surface area (Å²) in [5.41, 5.74) is 3.38. The fourth-order valence-corrected chi connectivity index (χ4v) is 1.92. The fourth-order valence-electron chi connectivity index (χ4n) is 1.92. The summed E-state index contributed by atoms with van der Waals surface area (Å²) in [5, 5.41) is 4.59. The van der Waals surface area contributed by atoms with Crippen molar-refractivity contribution in [2.75, 3.05) is 5.32 Å². The maximum absolute atomic E-state index is 4.34. The molecule has 0 atom stereocenters. The van der Waals surface area contributed by atoms with Crippen LogP contribution in [0.25, 0.3) is 10.9 Å². The molecular formula is C14H13N3. The van der Waals surface area contributed by atoms with Crippen molar-refractivity contribution in [2.45, 2.75) is 6.54 Å². The van der Waals surface area contributed by atoms with Gasteiger partial charge in [-0.05, 0) is 35.9 Å². The molecule has 0 unspecified atom stereocenters. The van der Waals surface area contributed by atoms with Crippen molar-refractivity contribution in [3.8, 4) is 0 Å². The molecule has 0 amide bonds. The molecule has 0 fully saturated rings. The highest BCUT2D eigenvalue weighted by atomic mass is 14.9. The first-order valence-corrected chi connectivity index (χ1v) is 5.63. The highest BCUT2D eigenvalue weighted by Crippen LogP contribution is 2.21. The maximum atomic E-state index is 4.34. The molecule has 0 bridgehead atoms. The summed E-state index contributed by atoms with van der Waals surface area (Å²) in [7, 11) is 0. The summed E-state index contributed by atoms with van der Waals surface area (Å²) in [6.45, 7) is 0.817. The molecule has 3 rings (SSSR count). The van der Waals surface area contributed by atoms with Gasteiger partial charge >= 0.3 is 0 Å². The molecule has 2 aromatic heterocycles. The summed E-state index contributed by atoms with van der Waals surface area (Å²) in [6.07, 6.45) is 5.75. The second kappa shape index (κ2) is 4.29. The van der Waals surface area contributed by atoms with Crippen LogP contribution in [0.5, 0.6) is 0 Å². The van der Waals surface area contributed by atoms with Crippen LogP contribution in [0.2, 0.25) is 0 Å². The molecule has 2 heterocycles. The summed E-state index contributed by atoms with van der Waals surface area (Å²) < 4.78 is 0. The smallest absolute Gasteiger partial charge is 0.0722 e. The Hall–Kier alpha value is -2.29. The van der Waals surface area contributed by atoms with E-state index in [2.05, 4.69) is 33.5 Å². The van der Waals surface area contributed by atoms with Gasteiger partial charge in [-0.2, -0.15) is 0 Å². The average Bonchev–Trinajstić information content (AvgIpc) is 2.89. The van der Waals surface area contributed by atoms with Crippen LogP contribution < -0.4 is 5.32 Å². The van der Waals surface area contributed by atoms with E-state index in [0.717, 1.165) is 23.1 Å². The first kappa shape index (κ1) is 9.90. The van der Waals surface area contributed by atoms with E-state index in [1.807, 2.05) is 36.8 Å². The lowest BCUT2D eigenvalue weighted by molar-refractivity contribution is 1.16. The van der Waals surface area contributed by atoms with Gasteiger partial charge in [-0.15, -0.1) is 0 Å². The summed E-state index contributed by atoms with van der Waals surface area (Å²) in [5.74, 6) is 0. The van der Waals surface area contributed by atoms with Gasteiger partial charge in [-0.3, -0.25) is 4.98 Å². The number of nitrogens with one attached hydrogen (secondary N) is 2. The molecule has 0 aliphatic heterocycles. The van der Waals surface area contributed by atoms with Crippen LogP contribution in [-0.4, -0.2) is 9.97 Å². The highest BCUT2D eigenvalue weighted by Gasteiger charge is 2.00. The lowest BCUT2D eigenvalue weighted by atomic mass is 10.2. The third-order valence-electron chi connectivity index (χ3n) is 2.79. The molecule has 3 aromatic rings. The van der Waals surface area contributed by atoms with Crippen LogP contribution in [0, 0.1) is 0 Å². The molecule has 0 saturated carbocycles. The van der Waals surface area contributed by atoms with E-state index in [0.29, 0.717) is 0 Å². The van der Waals surface area contributed by atoms with Crippen molar-refractivity contribution in [2.24, 2.45) is 0 Å². The van der Waals surface area contributed by atoms with E-state index in [1.165, 1.54) is 5.56 Å². The topological polar surface area (TPSA) is 40.7 Å². The Kier molecular flexibility index (Phi) is 2.50. The van der Waals surface area contributed by atoms with E-state index in [1.54, 1.807) is 0 Å². The van der Waals surface area contributed by atoms with Gasteiger partial charge in [0.25, 0.3) is 0 Å². The Morgan fingerprint density at radius 2 is 2.12 bits per heavy atom. The number of hydrogen-bond acceptors (Lipinski definition) is 2. The Balaban J connectivity index is 1.90. The number of H-pyrrole nitrogens is 1. The third-order valence-corrected chi connectivity index (χ3v) is 2.79. The quantitative estimate of drug-likeness (QED) is 0.716. The first-order valence-electron chi connectivity index (χ1n) is 5.63. The largest absolute Gasteiger partial charge is 0.380 e. The van der Waals surface area contributed by atoms with E-state index in [4.69, 9.17) is 0 Å². The molecule has 0 aliphatic rings. The van der Waals surface area contributed by atoms with E-state index in [-0.39, 0.29) is 0 Å². The van der Waals surface area contributed by atoms with Gasteiger partial charge < -0.3 is 10.3 Å². The molecule has 3 nitrogen and oxygen atoms in total. The minimum absolute atomic E-state index is 0.817. The van der Waals surface area contributed by atoms with E-state index in [9.17, 15) is 0 Å². The zero-order chi connectivity index (χ0) is 11.5. The van der Waals surface area contributed by atoms with Gasteiger partial charge in [-0.25, -0.2) is 0 Å². The lowest BCUT2D eigenvalue weighted by Crippen LogP contribution is -1.98. The minimum atomic E-state index is 0.817. The zero-order valence-corrected chi connectivity index (χ0v) is 9.35. The Morgan fingerprint density at radius 3 is 3.00 bits per heavy atom. The van der Waals surface area contributed by atoms with Gasteiger partial charge in [-0.1, -0.05) is 6.07 Å². The van der Waals surface area contributed by atoms with Crippen molar-refractivity contribution in [3.05, 3.63) is 60.6 Å². The second-order valence-electron chi connectivity index (χ2n) is 3.95. The van der Waals surface area contributed by atoms with Crippen LogP contribution in [0.1, 0.15) is 5.56 Å². The Labute approximate surface area is 99.5 Å². The van der Waals surface area contributed by atoms with Gasteiger partial charge in [0, 0.05) is 36.2 Å². The second-order valence-corrected chi connectivity index (χ2v) is 3.95. The number of rotatable bonds is 3. The van der Waals surface area contributed by atoms with Gasteiger partial charge in [0.05, 0.1) is 5.52 Å². The van der Waals surface area contributed by atoms with E-state index >= 15 is 0 Å². The zero-order valence-electron chi connectivity index (χ0n) is 9.35. The molecule has 0 aliphatic carbocycles. The Bertz CT molecular complexity index is 609. The number of hydrogen-bond donors (Lipinski definition) is 2. The predicted octanol–water partition coefficient (Wildman–Crippen LogP) is 3.18. The van der Waals surface area contributed by atoms with Crippen LogP contribution in [0.4, 0.5) is 5.69 Å². The van der Waals surface area contributed by atoms with Crippen molar-refractivity contribution in [3.63, 3.8) is 0 Å². The number of aromatic nitrogens is 2. The van der Waals surface area contributed by atoms with Crippen molar-refractivity contribution in [1.29, 1.82) is 0 Å². The molecule has 17 heavy (non-hydrogen) atoms. The normalized spacial score (nSPS) is 10.6. The predicted molar refractivity (Wildman–Crippen MR) is 69.9 cm³/mol. The number of aromatic amines is 1. The van der Waals surface area contributed by atoms with Crippen molar-refractivity contribution < 1.29 is 0 Å². The molecule has 0 saturated heterocycles. The molecule has 2 N–H and O–H groups in total. The number of nitrogens with zero attached hydrogens (tertiary/aromatic N) is 1. The SMILES string of the molecule is c1cc(NCc2cc[nH]c2)c2cccnc2c1. The fraction of sp³-hybridized carbons (Fsp3) is 0.0714. The number of fused-ring (bicyclic) bond motifs is 1. The summed E-state index contributed by atoms with van der Waals surface area (Å²) >= 11 is 0. The van der Waals surface area contributed by atoms with Crippen molar-refractivity contribution >= 4 is 16.6 Å². The Morgan fingerprint density at radius 1 is 1.12 bits per heavy atom. The molecule has 0 radical (unpaired) electrons. The monoisotopic (exact) mass is 223 g/mol. The highest BCUT2D eigenvalue weighted by molar-refractivity contribution is 5.91. The minimum Gasteiger partial charge on any atom is -0.380 e. The first-order chi connectivity index (χ1) is 8.43. The van der Waals surface area contributed by atoms with Crippen LogP contribution >= 0.6 is 0 Å². The van der Waals surface area contributed by atoms with Gasteiger partial charge in [0.2, 0.25) is 0 Å². The number of anilines is 1. The van der Waals surface area contributed by atoms with Gasteiger partial charge in [0.15, 0.2) is 0 Å². The standard InChI is InChI=1S/C14H13N3/c1-4-13-12(3-2-7-16-13)14(5-1)17-10-11-6-8-15-9-11/h1-9,15,17H,10H2. The molecular weight excluding hydrogens is 210 g/mol. The molecule has 1 aromatic carbocycles. The lowest BCUT2D eigenvalue weighted by Gasteiger charge is -2.08. The number of benzene rings is 1. The van der Waals surface area contributed by atoms with Crippen molar-refractivity contribution in [1.82, 2.24) is 9.97 Å². The number of pyridine rings is 1. The molecule has 3 heteroatoms. The maximum Gasteiger partial charge on any atom is 0.0722 e. The summed E-state index contributed by atoms with van der Waals surface area (Å²) in [4.78, 5) is 7.39. The molecule has 0 spiro atoms. The van der Waals surface area contributed by atoms with Crippen LogP contribution in [0.3, 0.4) is 0 Å². The molecule has 84 valence electrons. The average molecular weight is 223 g/mol.